The first kappa shape index (κ1) is 19.0. The summed E-state index contributed by atoms with van der Waals surface area (Å²) in [6, 6.07) is 1.61. The summed E-state index contributed by atoms with van der Waals surface area (Å²) in [6.07, 6.45) is 12.5. The molecule has 0 radical (unpaired) electrons. The van der Waals surface area contributed by atoms with E-state index in [1.807, 2.05) is 4.90 Å². The molecule has 152 valence electrons. The molecule has 2 aliphatic heterocycles. The lowest BCUT2D eigenvalue weighted by Gasteiger charge is -2.36. The van der Waals surface area contributed by atoms with Crippen LogP contribution in [0.1, 0.15) is 70.6 Å². The van der Waals surface area contributed by atoms with Gasteiger partial charge in [0.25, 0.3) is 0 Å². The summed E-state index contributed by atoms with van der Waals surface area (Å²) < 4.78 is 0. The van der Waals surface area contributed by atoms with Crippen LogP contribution in [-0.4, -0.2) is 66.0 Å². The van der Waals surface area contributed by atoms with E-state index in [4.69, 9.17) is 0 Å². The van der Waals surface area contributed by atoms with Crippen molar-refractivity contribution in [3.05, 3.63) is 0 Å². The Bertz CT molecular complexity index is 514. The zero-order chi connectivity index (χ0) is 18.6. The molecular formula is C21H36N4O2. The second-order valence-electron chi connectivity index (χ2n) is 9.10. The minimum atomic E-state index is 0.0750. The number of piperidine rings is 2. The minimum absolute atomic E-state index is 0.0750. The van der Waals surface area contributed by atoms with Gasteiger partial charge < -0.3 is 20.4 Å². The van der Waals surface area contributed by atoms with Crippen molar-refractivity contribution in [2.24, 2.45) is 5.92 Å². The smallest absolute Gasteiger partial charge is 0.317 e. The molecule has 0 atom stereocenters. The van der Waals surface area contributed by atoms with Crippen molar-refractivity contribution in [2.75, 3.05) is 26.2 Å². The summed E-state index contributed by atoms with van der Waals surface area (Å²) in [4.78, 5) is 29.6. The highest BCUT2D eigenvalue weighted by atomic mass is 16.2. The molecule has 0 aromatic heterocycles. The van der Waals surface area contributed by atoms with Crippen molar-refractivity contribution in [3.63, 3.8) is 0 Å². The Hall–Kier alpha value is -1.30. The number of carbonyl (C=O) groups excluding carboxylic acids is 2. The van der Waals surface area contributed by atoms with Gasteiger partial charge in [-0.15, -0.1) is 0 Å². The van der Waals surface area contributed by atoms with Gasteiger partial charge in [-0.2, -0.15) is 0 Å². The van der Waals surface area contributed by atoms with E-state index < -0.39 is 0 Å². The van der Waals surface area contributed by atoms with Gasteiger partial charge in [0.2, 0.25) is 5.91 Å². The molecule has 6 nitrogen and oxygen atoms in total. The van der Waals surface area contributed by atoms with E-state index in [1.54, 1.807) is 0 Å². The van der Waals surface area contributed by atoms with Gasteiger partial charge in [0.05, 0.1) is 0 Å². The number of nitrogens with one attached hydrogen (secondary N) is 2. The highest BCUT2D eigenvalue weighted by Crippen LogP contribution is 2.29. The Kier molecular flexibility index (Phi) is 6.21. The van der Waals surface area contributed by atoms with Crippen molar-refractivity contribution in [2.45, 2.75) is 88.8 Å². The number of nitrogens with zero attached hydrogens (tertiary/aromatic N) is 2. The Morgan fingerprint density at radius 2 is 1.30 bits per heavy atom. The van der Waals surface area contributed by atoms with Crippen molar-refractivity contribution in [1.29, 1.82) is 0 Å². The number of likely N-dealkylation sites (tertiary alicyclic amines) is 2. The van der Waals surface area contributed by atoms with Crippen LogP contribution in [0.4, 0.5) is 4.79 Å². The predicted molar refractivity (Wildman–Crippen MR) is 105 cm³/mol. The van der Waals surface area contributed by atoms with E-state index in [9.17, 15) is 9.59 Å². The molecule has 3 amide bonds. The summed E-state index contributed by atoms with van der Waals surface area (Å²) >= 11 is 0. The molecule has 0 aromatic carbocycles. The van der Waals surface area contributed by atoms with E-state index in [-0.39, 0.29) is 17.9 Å². The van der Waals surface area contributed by atoms with Crippen LogP contribution < -0.4 is 10.6 Å². The standard InChI is InChI=1S/C21H36N4O2/c26-20(22-17-4-2-1-3-5-17)16-8-12-25(13-9-16)21(27)23-18-10-14-24(15-11-18)19-6-7-19/h16-19H,1-15H2,(H,22,26)(H,23,27). The molecule has 6 heteroatoms. The lowest BCUT2D eigenvalue weighted by Crippen LogP contribution is -2.52. The Balaban J connectivity index is 1.15. The topological polar surface area (TPSA) is 64.7 Å². The van der Waals surface area contributed by atoms with Gasteiger partial charge in [0.15, 0.2) is 0 Å². The summed E-state index contributed by atoms with van der Waals surface area (Å²) in [7, 11) is 0. The van der Waals surface area contributed by atoms with Gasteiger partial charge in [0, 0.05) is 50.2 Å². The first-order valence-corrected chi connectivity index (χ1v) is 11.3. The van der Waals surface area contributed by atoms with Gasteiger partial charge in [-0.25, -0.2) is 4.79 Å². The zero-order valence-electron chi connectivity index (χ0n) is 16.6. The number of rotatable bonds is 4. The second-order valence-corrected chi connectivity index (χ2v) is 9.10. The summed E-state index contributed by atoms with van der Waals surface area (Å²) in [6.45, 7) is 3.66. The first-order valence-electron chi connectivity index (χ1n) is 11.3. The minimum Gasteiger partial charge on any atom is -0.353 e. The molecule has 27 heavy (non-hydrogen) atoms. The molecule has 2 N–H and O–H groups in total. The molecule has 2 saturated carbocycles. The van der Waals surface area contributed by atoms with E-state index in [1.165, 1.54) is 32.1 Å². The zero-order valence-corrected chi connectivity index (χ0v) is 16.6. The molecule has 2 saturated heterocycles. The van der Waals surface area contributed by atoms with Gasteiger partial charge in [-0.3, -0.25) is 4.79 Å². The highest BCUT2D eigenvalue weighted by Gasteiger charge is 2.33. The number of hydrogen-bond acceptors (Lipinski definition) is 3. The van der Waals surface area contributed by atoms with Crippen LogP contribution in [0.25, 0.3) is 0 Å². The van der Waals surface area contributed by atoms with Crippen molar-refractivity contribution < 1.29 is 9.59 Å². The molecule has 0 aromatic rings. The molecular weight excluding hydrogens is 340 g/mol. The monoisotopic (exact) mass is 376 g/mol. The Morgan fingerprint density at radius 1 is 0.667 bits per heavy atom. The normalized spacial score (nSPS) is 26.7. The maximum atomic E-state index is 12.6. The maximum Gasteiger partial charge on any atom is 0.317 e. The molecule has 4 rings (SSSR count). The molecule has 4 aliphatic rings. The summed E-state index contributed by atoms with van der Waals surface area (Å²) in [5, 5.41) is 6.49. The molecule has 0 spiro atoms. The van der Waals surface area contributed by atoms with Crippen LogP contribution in [0.15, 0.2) is 0 Å². The third-order valence-electron chi connectivity index (χ3n) is 7.02. The van der Waals surface area contributed by atoms with Crippen molar-refractivity contribution in [3.8, 4) is 0 Å². The van der Waals surface area contributed by atoms with Crippen LogP contribution in [-0.2, 0) is 4.79 Å². The lowest BCUT2D eigenvalue weighted by atomic mass is 9.92. The number of carbonyl (C=O) groups is 2. The molecule has 0 bridgehead atoms. The number of urea groups is 1. The van der Waals surface area contributed by atoms with Gasteiger partial charge in [-0.05, 0) is 51.4 Å². The third kappa shape index (κ3) is 5.15. The van der Waals surface area contributed by atoms with E-state index in [2.05, 4.69) is 15.5 Å². The van der Waals surface area contributed by atoms with Gasteiger partial charge >= 0.3 is 6.03 Å². The highest BCUT2D eigenvalue weighted by molar-refractivity contribution is 5.80. The van der Waals surface area contributed by atoms with E-state index >= 15 is 0 Å². The lowest BCUT2D eigenvalue weighted by molar-refractivity contribution is -0.127. The average molecular weight is 377 g/mol. The van der Waals surface area contributed by atoms with E-state index in [0.717, 1.165) is 57.7 Å². The van der Waals surface area contributed by atoms with Crippen LogP contribution in [0.3, 0.4) is 0 Å². The molecule has 4 fully saturated rings. The summed E-state index contributed by atoms with van der Waals surface area (Å²) in [5.74, 6) is 0.298. The van der Waals surface area contributed by atoms with E-state index in [0.29, 0.717) is 25.2 Å². The fourth-order valence-electron chi connectivity index (χ4n) is 5.03. The molecule has 0 unspecified atom stereocenters. The predicted octanol–water partition coefficient (Wildman–Crippen LogP) is 2.48. The average Bonchev–Trinajstić information content (AvgIpc) is 3.55. The first-order chi connectivity index (χ1) is 13.2. The Morgan fingerprint density at radius 3 is 1.93 bits per heavy atom. The Labute approximate surface area is 163 Å². The maximum absolute atomic E-state index is 12.6. The van der Waals surface area contributed by atoms with Crippen LogP contribution in [0.2, 0.25) is 0 Å². The SMILES string of the molecule is O=C(NC1CCCCC1)C1CCN(C(=O)NC2CCN(C3CC3)CC2)CC1. The summed E-state index contributed by atoms with van der Waals surface area (Å²) in [5.41, 5.74) is 0. The number of amides is 3. The third-order valence-corrected chi connectivity index (χ3v) is 7.02. The fraction of sp³-hybridized carbons (Fsp3) is 0.905. The molecule has 2 aliphatic carbocycles. The van der Waals surface area contributed by atoms with Gasteiger partial charge in [-0.1, -0.05) is 19.3 Å². The van der Waals surface area contributed by atoms with Crippen LogP contribution >= 0.6 is 0 Å². The molecule has 2 heterocycles. The quantitative estimate of drug-likeness (QED) is 0.792. The van der Waals surface area contributed by atoms with Crippen molar-refractivity contribution >= 4 is 11.9 Å². The number of hydrogen-bond donors (Lipinski definition) is 2. The van der Waals surface area contributed by atoms with Crippen molar-refractivity contribution in [1.82, 2.24) is 20.4 Å². The fourth-order valence-corrected chi connectivity index (χ4v) is 5.03. The van der Waals surface area contributed by atoms with Gasteiger partial charge in [0.1, 0.15) is 0 Å². The second kappa shape index (κ2) is 8.80. The van der Waals surface area contributed by atoms with Crippen LogP contribution in [0.5, 0.6) is 0 Å². The van der Waals surface area contributed by atoms with Crippen LogP contribution in [0, 0.1) is 5.92 Å². The largest absolute Gasteiger partial charge is 0.353 e.